The third-order valence-electron chi connectivity index (χ3n) is 6.65. The van der Waals surface area contributed by atoms with E-state index in [0.717, 1.165) is 5.56 Å². The van der Waals surface area contributed by atoms with Crippen molar-refractivity contribution in [2.45, 2.75) is 44.9 Å². The first-order chi connectivity index (χ1) is 19.3. The average Bonchev–Trinajstić information content (AvgIpc) is 2.93. The van der Waals surface area contributed by atoms with Gasteiger partial charge in [0, 0.05) is 29.4 Å². The minimum Gasteiger partial charge on any atom is -0.476 e. The minimum atomic E-state index is -3.62. The Kier molecular flexibility index (Phi) is 8.91. The number of amides is 1. The smallest absolute Gasteiger partial charge is 0.262 e. The fourth-order valence-electron chi connectivity index (χ4n) is 4.35. The van der Waals surface area contributed by atoms with Crippen molar-refractivity contribution in [1.82, 2.24) is 4.31 Å². The Bertz CT molecular complexity index is 1720. The highest BCUT2D eigenvalue weighted by Crippen LogP contribution is 2.33. The van der Waals surface area contributed by atoms with Gasteiger partial charge in [-0.15, -0.1) is 0 Å². The van der Waals surface area contributed by atoms with Crippen molar-refractivity contribution >= 4 is 44.2 Å². The van der Waals surface area contributed by atoms with E-state index in [1.54, 1.807) is 26.0 Å². The summed E-state index contributed by atoms with van der Waals surface area (Å²) >= 11 is 6.12. The predicted octanol–water partition coefficient (Wildman–Crippen LogP) is 6.46. The van der Waals surface area contributed by atoms with Crippen molar-refractivity contribution in [2.24, 2.45) is 0 Å². The molecule has 3 aromatic carbocycles. The number of carbonyl (C=O) groups excluding carboxylic acids is 1. The van der Waals surface area contributed by atoms with Crippen LogP contribution in [0.1, 0.15) is 40.2 Å². The van der Waals surface area contributed by atoms with Gasteiger partial charge in [0.25, 0.3) is 5.91 Å². The van der Waals surface area contributed by atoms with Gasteiger partial charge >= 0.3 is 0 Å². The van der Waals surface area contributed by atoms with Crippen LogP contribution in [0.2, 0.25) is 5.02 Å². The second kappa shape index (κ2) is 12.1. The maximum Gasteiger partial charge on any atom is 0.262 e. The largest absolute Gasteiger partial charge is 0.476 e. The molecule has 0 bridgehead atoms. The number of fused-ring (bicyclic) bond motifs is 1. The standard InChI is InChI=1S/C31H33ClN2O6S/c1-6-34(7-2)41(37,38)24-15-13-23(14-16-24)33-27(35)19-39-30-28(36)25-18-22(32)12-17-26(25)40-29(30)20-8-10-21(11-9-20)31(3,4)5/h8-18H,6-7,19H2,1-5H3,(H,33,35). The molecule has 0 spiro atoms. The lowest BCUT2D eigenvalue weighted by Gasteiger charge is -2.19. The zero-order valence-electron chi connectivity index (χ0n) is 23.7. The molecule has 10 heteroatoms. The highest BCUT2D eigenvalue weighted by atomic mass is 35.5. The van der Waals surface area contributed by atoms with E-state index in [0.29, 0.717) is 34.9 Å². The number of sulfonamides is 1. The SMILES string of the molecule is CCN(CC)S(=O)(=O)c1ccc(NC(=O)COc2c(-c3ccc(C(C)(C)C)cc3)oc3ccc(Cl)cc3c2=O)cc1. The number of benzene rings is 3. The van der Waals surface area contributed by atoms with Gasteiger partial charge in [-0.3, -0.25) is 9.59 Å². The van der Waals surface area contributed by atoms with Gasteiger partial charge in [-0.05, 0) is 53.4 Å². The molecule has 0 fully saturated rings. The molecule has 0 saturated heterocycles. The molecule has 0 saturated carbocycles. The van der Waals surface area contributed by atoms with Crippen molar-refractivity contribution in [2.75, 3.05) is 25.0 Å². The number of hydrogen-bond acceptors (Lipinski definition) is 6. The van der Waals surface area contributed by atoms with Gasteiger partial charge in [0.05, 0.1) is 10.3 Å². The van der Waals surface area contributed by atoms with Gasteiger partial charge in [0.1, 0.15) is 5.58 Å². The Morgan fingerprint density at radius 2 is 1.61 bits per heavy atom. The summed E-state index contributed by atoms with van der Waals surface area (Å²) in [6.07, 6.45) is 0. The van der Waals surface area contributed by atoms with Crippen LogP contribution in [-0.4, -0.2) is 38.3 Å². The monoisotopic (exact) mass is 596 g/mol. The van der Waals surface area contributed by atoms with E-state index >= 15 is 0 Å². The van der Waals surface area contributed by atoms with E-state index in [4.69, 9.17) is 20.8 Å². The third kappa shape index (κ3) is 6.64. The van der Waals surface area contributed by atoms with Gasteiger partial charge in [-0.25, -0.2) is 8.42 Å². The molecule has 0 aliphatic carbocycles. The molecule has 1 amide bonds. The van der Waals surface area contributed by atoms with Crippen LogP contribution in [0.3, 0.4) is 0 Å². The van der Waals surface area contributed by atoms with E-state index in [-0.39, 0.29) is 27.2 Å². The Morgan fingerprint density at radius 3 is 2.20 bits per heavy atom. The summed E-state index contributed by atoms with van der Waals surface area (Å²) < 4.78 is 38.7. The van der Waals surface area contributed by atoms with Crippen molar-refractivity contribution in [3.05, 3.63) is 87.5 Å². The molecular formula is C31H33ClN2O6S. The number of nitrogens with one attached hydrogen (secondary N) is 1. The van der Waals surface area contributed by atoms with E-state index in [9.17, 15) is 18.0 Å². The Labute approximate surface area is 244 Å². The molecule has 4 rings (SSSR count). The van der Waals surface area contributed by atoms with Crippen molar-refractivity contribution in [1.29, 1.82) is 0 Å². The summed E-state index contributed by atoms with van der Waals surface area (Å²) in [7, 11) is -3.62. The molecule has 0 aliphatic heterocycles. The van der Waals surface area contributed by atoms with Crippen LogP contribution in [0, 0.1) is 0 Å². The van der Waals surface area contributed by atoms with E-state index < -0.39 is 28.0 Å². The van der Waals surface area contributed by atoms with Crippen molar-refractivity contribution < 1.29 is 22.4 Å². The number of ether oxygens (including phenoxy) is 1. The topological polar surface area (TPSA) is 106 Å². The quantitative estimate of drug-likeness (QED) is 0.238. The summed E-state index contributed by atoms with van der Waals surface area (Å²) in [6.45, 7) is 10.1. The molecule has 0 unspecified atom stereocenters. The number of rotatable bonds is 9. The van der Waals surface area contributed by atoms with Gasteiger partial charge in [0.2, 0.25) is 21.2 Å². The van der Waals surface area contributed by atoms with Gasteiger partial charge in [-0.2, -0.15) is 4.31 Å². The Morgan fingerprint density at radius 1 is 0.976 bits per heavy atom. The molecule has 0 atom stereocenters. The number of anilines is 1. The molecule has 0 aliphatic rings. The molecule has 1 aromatic heterocycles. The Balaban J connectivity index is 1.59. The molecule has 0 radical (unpaired) electrons. The van der Waals surface area contributed by atoms with Gasteiger partial charge < -0.3 is 14.5 Å². The summed E-state index contributed by atoms with van der Waals surface area (Å²) in [4.78, 5) is 26.4. The molecule has 4 aromatic rings. The van der Waals surface area contributed by atoms with Crippen LogP contribution in [0.25, 0.3) is 22.3 Å². The first kappa shape index (κ1) is 30.3. The van der Waals surface area contributed by atoms with Gasteiger partial charge in [0.15, 0.2) is 12.4 Å². The zero-order valence-corrected chi connectivity index (χ0v) is 25.2. The predicted molar refractivity (Wildman–Crippen MR) is 162 cm³/mol. The molecule has 1 N–H and O–H groups in total. The fraction of sp³-hybridized carbons (Fsp3) is 0.290. The fourth-order valence-corrected chi connectivity index (χ4v) is 5.98. The molecular weight excluding hydrogens is 564 g/mol. The second-order valence-corrected chi connectivity index (χ2v) is 12.9. The minimum absolute atomic E-state index is 0.0648. The number of hydrogen-bond donors (Lipinski definition) is 1. The van der Waals surface area contributed by atoms with Crippen LogP contribution >= 0.6 is 11.6 Å². The second-order valence-electron chi connectivity index (χ2n) is 10.5. The van der Waals surface area contributed by atoms with E-state index in [1.807, 2.05) is 24.3 Å². The maximum absolute atomic E-state index is 13.5. The average molecular weight is 597 g/mol. The van der Waals surface area contributed by atoms with Crippen LogP contribution in [0.15, 0.2) is 80.8 Å². The Hall–Kier alpha value is -3.66. The lowest BCUT2D eigenvalue weighted by Crippen LogP contribution is -2.30. The van der Waals surface area contributed by atoms with Crippen LogP contribution in [0.5, 0.6) is 5.75 Å². The number of nitrogens with zero attached hydrogens (tertiary/aromatic N) is 1. The van der Waals surface area contributed by atoms with Crippen LogP contribution in [-0.2, 0) is 20.2 Å². The highest BCUT2D eigenvalue weighted by Gasteiger charge is 2.22. The van der Waals surface area contributed by atoms with Crippen LogP contribution in [0.4, 0.5) is 5.69 Å². The maximum atomic E-state index is 13.5. The zero-order chi connectivity index (χ0) is 29.9. The van der Waals surface area contributed by atoms with Crippen molar-refractivity contribution in [3.63, 3.8) is 0 Å². The van der Waals surface area contributed by atoms with E-state index in [2.05, 4.69) is 26.1 Å². The van der Waals surface area contributed by atoms with E-state index in [1.165, 1.54) is 34.6 Å². The lowest BCUT2D eigenvalue weighted by atomic mass is 9.86. The molecule has 41 heavy (non-hydrogen) atoms. The summed E-state index contributed by atoms with van der Waals surface area (Å²) in [5.41, 5.74) is 1.92. The van der Waals surface area contributed by atoms with Crippen molar-refractivity contribution in [3.8, 4) is 17.1 Å². The summed E-state index contributed by atoms with van der Waals surface area (Å²) in [6, 6.07) is 18.2. The molecule has 216 valence electrons. The summed E-state index contributed by atoms with van der Waals surface area (Å²) in [5.74, 6) is -0.452. The first-order valence-electron chi connectivity index (χ1n) is 13.2. The normalized spacial score (nSPS) is 12.1. The first-order valence-corrected chi connectivity index (χ1v) is 15.1. The number of carbonyl (C=O) groups is 1. The van der Waals surface area contributed by atoms with Gasteiger partial charge in [-0.1, -0.05) is 70.5 Å². The number of halogens is 1. The third-order valence-corrected chi connectivity index (χ3v) is 8.95. The molecule has 1 heterocycles. The summed E-state index contributed by atoms with van der Waals surface area (Å²) in [5, 5.41) is 3.26. The molecule has 8 nitrogen and oxygen atoms in total. The highest BCUT2D eigenvalue weighted by molar-refractivity contribution is 7.89. The van der Waals surface area contributed by atoms with Crippen LogP contribution < -0.4 is 15.5 Å². The lowest BCUT2D eigenvalue weighted by molar-refractivity contribution is -0.118.